The number of esters is 1. The largest absolute Gasteiger partial charge is 0.465 e. The number of terminal acetylenes is 1. The summed E-state index contributed by atoms with van der Waals surface area (Å²) in [5, 5.41) is 2.53. The van der Waals surface area contributed by atoms with Crippen LogP contribution in [0.15, 0.2) is 0 Å². The Balaban J connectivity index is 3.09. The van der Waals surface area contributed by atoms with Crippen LogP contribution < -0.4 is 5.32 Å². The van der Waals surface area contributed by atoms with Crippen molar-refractivity contribution in [3.63, 3.8) is 0 Å². The predicted molar refractivity (Wildman–Crippen MR) is 62.8 cm³/mol. The zero-order chi connectivity index (χ0) is 13.0. The Morgan fingerprint density at radius 1 is 1.47 bits per heavy atom. The Hall–Kier alpha value is -2.22. The van der Waals surface area contributed by atoms with Crippen LogP contribution in [-0.2, 0) is 4.74 Å². The van der Waals surface area contributed by atoms with E-state index in [2.05, 4.69) is 21.0 Å². The number of H-pyrrole nitrogens is 1. The van der Waals surface area contributed by atoms with Crippen molar-refractivity contribution in [1.82, 2.24) is 10.3 Å². The molecule has 1 rings (SSSR count). The monoisotopic (exact) mass is 234 g/mol. The number of hydrogen-bond donors (Lipinski definition) is 2. The number of rotatable bonds is 3. The molecule has 17 heavy (non-hydrogen) atoms. The van der Waals surface area contributed by atoms with Crippen LogP contribution in [0.1, 0.15) is 32.1 Å². The Kier molecular flexibility index (Phi) is 3.94. The van der Waals surface area contributed by atoms with Crippen molar-refractivity contribution in [2.75, 3.05) is 13.7 Å². The topological polar surface area (TPSA) is 71.2 Å². The number of aryl methyl sites for hydroxylation is 1. The fraction of sp³-hybridized carbons (Fsp3) is 0.333. The fourth-order valence-corrected chi connectivity index (χ4v) is 1.61. The molecule has 0 fully saturated rings. The fourth-order valence-electron chi connectivity index (χ4n) is 1.61. The predicted octanol–water partition coefficient (Wildman–Crippen LogP) is 0.781. The maximum atomic E-state index is 11.7. The van der Waals surface area contributed by atoms with Crippen LogP contribution in [0.3, 0.4) is 0 Å². The second-order valence-electron chi connectivity index (χ2n) is 3.50. The second-order valence-corrected chi connectivity index (χ2v) is 3.50. The molecule has 0 saturated carbocycles. The summed E-state index contributed by atoms with van der Waals surface area (Å²) in [5.41, 5.74) is 1.88. The van der Waals surface area contributed by atoms with Gasteiger partial charge in [0.2, 0.25) is 0 Å². The number of nitrogens with one attached hydrogen (secondary N) is 2. The first kappa shape index (κ1) is 12.8. The summed E-state index contributed by atoms with van der Waals surface area (Å²) < 4.78 is 4.65. The van der Waals surface area contributed by atoms with E-state index in [-0.39, 0.29) is 12.5 Å². The van der Waals surface area contributed by atoms with E-state index in [1.807, 2.05) is 0 Å². The molecular weight excluding hydrogens is 220 g/mol. The van der Waals surface area contributed by atoms with Gasteiger partial charge in [-0.3, -0.25) is 4.79 Å². The van der Waals surface area contributed by atoms with E-state index < -0.39 is 5.97 Å². The van der Waals surface area contributed by atoms with Crippen molar-refractivity contribution in [3.8, 4) is 12.3 Å². The molecule has 0 radical (unpaired) electrons. The quantitative estimate of drug-likeness (QED) is 0.599. The van der Waals surface area contributed by atoms with Crippen LogP contribution in [0.4, 0.5) is 0 Å². The zero-order valence-electron chi connectivity index (χ0n) is 10.0. The van der Waals surface area contributed by atoms with Crippen molar-refractivity contribution in [2.45, 2.75) is 13.8 Å². The highest BCUT2D eigenvalue weighted by atomic mass is 16.5. The second kappa shape index (κ2) is 5.21. The number of amides is 1. The maximum Gasteiger partial charge on any atom is 0.339 e. The zero-order valence-corrected chi connectivity index (χ0v) is 10.0. The molecule has 0 unspecified atom stereocenters. The van der Waals surface area contributed by atoms with E-state index in [1.54, 1.807) is 13.8 Å². The molecule has 1 aromatic rings. The van der Waals surface area contributed by atoms with Crippen LogP contribution in [0, 0.1) is 26.2 Å². The molecular formula is C12H14N2O3. The summed E-state index contributed by atoms with van der Waals surface area (Å²) >= 11 is 0. The van der Waals surface area contributed by atoms with Gasteiger partial charge in [-0.25, -0.2) is 4.79 Å². The van der Waals surface area contributed by atoms with Crippen molar-refractivity contribution >= 4 is 11.9 Å². The van der Waals surface area contributed by atoms with Gasteiger partial charge in [0.15, 0.2) is 0 Å². The van der Waals surface area contributed by atoms with Gasteiger partial charge in [-0.05, 0) is 19.4 Å². The number of hydrogen-bond acceptors (Lipinski definition) is 3. The average molecular weight is 234 g/mol. The molecule has 1 amide bonds. The average Bonchev–Trinajstić information content (AvgIpc) is 2.61. The van der Waals surface area contributed by atoms with Crippen molar-refractivity contribution in [2.24, 2.45) is 0 Å². The molecule has 1 aromatic heterocycles. The van der Waals surface area contributed by atoms with E-state index in [0.717, 1.165) is 0 Å². The molecule has 0 atom stereocenters. The maximum absolute atomic E-state index is 11.7. The van der Waals surface area contributed by atoms with Gasteiger partial charge in [0.1, 0.15) is 5.69 Å². The number of methoxy groups -OCH3 is 1. The van der Waals surface area contributed by atoms with Gasteiger partial charge in [-0.15, -0.1) is 6.42 Å². The first-order valence-electron chi connectivity index (χ1n) is 5.02. The Morgan fingerprint density at radius 2 is 2.12 bits per heavy atom. The minimum Gasteiger partial charge on any atom is -0.465 e. The van der Waals surface area contributed by atoms with E-state index in [0.29, 0.717) is 22.5 Å². The summed E-state index contributed by atoms with van der Waals surface area (Å²) in [6.07, 6.45) is 5.05. The Bertz CT molecular complexity index is 495. The van der Waals surface area contributed by atoms with Gasteiger partial charge < -0.3 is 15.0 Å². The lowest BCUT2D eigenvalue weighted by Crippen LogP contribution is -2.24. The van der Waals surface area contributed by atoms with Crippen LogP contribution in [-0.4, -0.2) is 30.5 Å². The van der Waals surface area contributed by atoms with Crippen LogP contribution in [0.2, 0.25) is 0 Å². The number of carbonyl (C=O) groups is 2. The van der Waals surface area contributed by atoms with Crippen molar-refractivity contribution in [3.05, 3.63) is 22.5 Å². The number of ether oxygens (including phenoxy) is 1. The molecule has 0 spiro atoms. The summed E-state index contributed by atoms with van der Waals surface area (Å²) in [6, 6.07) is 0. The summed E-state index contributed by atoms with van der Waals surface area (Å²) in [4.78, 5) is 26.1. The summed E-state index contributed by atoms with van der Waals surface area (Å²) in [5.74, 6) is 1.51. The molecule has 0 aliphatic rings. The lowest BCUT2D eigenvalue weighted by atomic mass is 10.1. The SMILES string of the molecule is C#CCNC(=O)c1[nH]c(C)c(C(=O)OC)c1C. The van der Waals surface area contributed by atoms with Gasteiger partial charge in [0, 0.05) is 5.69 Å². The van der Waals surface area contributed by atoms with Crippen LogP contribution in [0.5, 0.6) is 0 Å². The Labute approximate surface area is 99.5 Å². The van der Waals surface area contributed by atoms with Gasteiger partial charge in [-0.2, -0.15) is 0 Å². The highest BCUT2D eigenvalue weighted by Crippen LogP contribution is 2.18. The standard InChI is InChI=1S/C12H14N2O3/c1-5-6-13-11(15)10-7(2)9(8(3)14-10)12(16)17-4/h1,14H,6H2,2-4H3,(H,13,15). The molecule has 0 aromatic carbocycles. The van der Waals surface area contributed by atoms with Gasteiger partial charge in [-0.1, -0.05) is 5.92 Å². The number of aromatic amines is 1. The third-order valence-electron chi connectivity index (χ3n) is 2.41. The molecule has 5 heteroatoms. The molecule has 0 bridgehead atoms. The smallest absolute Gasteiger partial charge is 0.339 e. The lowest BCUT2D eigenvalue weighted by Gasteiger charge is -2.01. The molecule has 0 saturated heterocycles. The summed E-state index contributed by atoms with van der Waals surface area (Å²) in [6.45, 7) is 3.53. The highest BCUT2D eigenvalue weighted by Gasteiger charge is 2.21. The van der Waals surface area contributed by atoms with Crippen molar-refractivity contribution in [1.29, 1.82) is 0 Å². The molecule has 5 nitrogen and oxygen atoms in total. The minimum atomic E-state index is -0.466. The third-order valence-corrected chi connectivity index (χ3v) is 2.41. The van der Waals surface area contributed by atoms with Crippen LogP contribution >= 0.6 is 0 Å². The third kappa shape index (κ3) is 2.48. The number of aromatic nitrogens is 1. The Morgan fingerprint density at radius 3 is 2.65 bits per heavy atom. The highest BCUT2D eigenvalue weighted by molar-refractivity contribution is 6.00. The molecule has 0 aliphatic carbocycles. The van der Waals surface area contributed by atoms with E-state index >= 15 is 0 Å². The molecule has 2 N–H and O–H groups in total. The van der Waals surface area contributed by atoms with Crippen LogP contribution in [0.25, 0.3) is 0 Å². The van der Waals surface area contributed by atoms with Gasteiger partial charge in [0.25, 0.3) is 5.91 Å². The lowest BCUT2D eigenvalue weighted by molar-refractivity contribution is 0.0599. The van der Waals surface area contributed by atoms with E-state index in [1.165, 1.54) is 7.11 Å². The van der Waals surface area contributed by atoms with Gasteiger partial charge >= 0.3 is 5.97 Å². The minimum absolute atomic E-state index is 0.143. The van der Waals surface area contributed by atoms with E-state index in [9.17, 15) is 9.59 Å². The molecule has 90 valence electrons. The van der Waals surface area contributed by atoms with Gasteiger partial charge in [0.05, 0.1) is 19.2 Å². The molecule has 0 aliphatic heterocycles. The normalized spacial score (nSPS) is 9.53. The van der Waals surface area contributed by atoms with Crippen molar-refractivity contribution < 1.29 is 14.3 Å². The first-order valence-corrected chi connectivity index (χ1v) is 5.02. The molecule has 1 heterocycles. The summed E-state index contributed by atoms with van der Waals surface area (Å²) in [7, 11) is 1.30. The first-order chi connectivity index (χ1) is 8.02. The number of carbonyl (C=O) groups excluding carboxylic acids is 2. The van der Waals surface area contributed by atoms with E-state index in [4.69, 9.17) is 6.42 Å².